The maximum atomic E-state index is 12.0. The Morgan fingerprint density at radius 1 is 1.14 bits per heavy atom. The van der Waals surface area contributed by atoms with Crippen molar-refractivity contribution in [2.75, 3.05) is 7.11 Å². The third-order valence-corrected chi connectivity index (χ3v) is 2.79. The molecule has 0 aliphatic rings. The Hall–Kier alpha value is -2.12. The van der Waals surface area contributed by atoms with Crippen molar-refractivity contribution in [3.8, 4) is 0 Å². The van der Waals surface area contributed by atoms with Crippen LogP contribution in [-0.2, 0) is 23.9 Å². The number of nitrogens with one attached hydrogen (secondary N) is 2. The number of carbonyl (C=O) groups excluding carboxylic acids is 3. The number of amides is 2. The Bertz CT molecular complexity index is 407. The van der Waals surface area contributed by atoms with E-state index >= 15 is 0 Å². The summed E-state index contributed by atoms with van der Waals surface area (Å²) in [4.78, 5) is 45.2. The molecule has 0 bridgehead atoms. The van der Waals surface area contributed by atoms with Gasteiger partial charge in [-0.2, -0.15) is 0 Å². The van der Waals surface area contributed by atoms with Crippen molar-refractivity contribution in [2.24, 2.45) is 5.92 Å². The lowest BCUT2D eigenvalue weighted by Gasteiger charge is -2.23. The summed E-state index contributed by atoms with van der Waals surface area (Å²) in [5.41, 5.74) is 0. The van der Waals surface area contributed by atoms with E-state index in [4.69, 9.17) is 5.11 Å². The van der Waals surface area contributed by atoms with Gasteiger partial charge in [-0.1, -0.05) is 13.8 Å². The monoisotopic (exact) mass is 302 g/mol. The zero-order valence-electron chi connectivity index (χ0n) is 12.6. The molecule has 2 atom stereocenters. The standard InChI is InChI=1S/C13H22N2O6/c1-7(2)11(14-8(3)16)12(18)15-9(13(19)20)5-6-10(17)21-4/h7,9,11H,5-6H2,1-4H3,(H,14,16)(H,15,18)(H,19,20). The highest BCUT2D eigenvalue weighted by molar-refractivity contribution is 5.90. The van der Waals surface area contributed by atoms with Crippen LogP contribution in [0.15, 0.2) is 0 Å². The van der Waals surface area contributed by atoms with Gasteiger partial charge < -0.3 is 20.5 Å². The fraction of sp³-hybridized carbons (Fsp3) is 0.692. The van der Waals surface area contributed by atoms with Gasteiger partial charge in [-0.25, -0.2) is 4.79 Å². The molecule has 2 amide bonds. The molecule has 2 unspecified atom stereocenters. The van der Waals surface area contributed by atoms with E-state index < -0.39 is 29.9 Å². The Morgan fingerprint density at radius 2 is 1.71 bits per heavy atom. The third-order valence-electron chi connectivity index (χ3n) is 2.79. The first-order valence-corrected chi connectivity index (χ1v) is 6.56. The van der Waals surface area contributed by atoms with E-state index in [0.29, 0.717) is 0 Å². The van der Waals surface area contributed by atoms with E-state index in [0.717, 1.165) is 0 Å². The van der Waals surface area contributed by atoms with Crippen molar-refractivity contribution in [1.29, 1.82) is 0 Å². The molecule has 21 heavy (non-hydrogen) atoms. The summed E-state index contributed by atoms with van der Waals surface area (Å²) in [7, 11) is 1.20. The van der Waals surface area contributed by atoms with Gasteiger partial charge >= 0.3 is 11.9 Å². The lowest BCUT2D eigenvalue weighted by molar-refractivity contribution is -0.144. The summed E-state index contributed by atoms with van der Waals surface area (Å²) in [6.07, 6.45) is -0.209. The van der Waals surface area contributed by atoms with Crippen molar-refractivity contribution in [1.82, 2.24) is 10.6 Å². The molecule has 0 heterocycles. The van der Waals surface area contributed by atoms with E-state index in [1.165, 1.54) is 14.0 Å². The van der Waals surface area contributed by atoms with Crippen LogP contribution in [0.4, 0.5) is 0 Å². The summed E-state index contributed by atoms with van der Waals surface area (Å²) in [5, 5.41) is 13.8. The Labute approximate surface area is 123 Å². The van der Waals surface area contributed by atoms with Crippen LogP contribution in [0.2, 0.25) is 0 Å². The van der Waals surface area contributed by atoms with Gasteiger partial charge in [-0.05, 0) is 12.3 Å². The molecule has 0 aromatic rings. The number of hydrogen-bond acceptors (Lipinski definition) is 5. The second-order valence-electron chi connectivity index (χ2n) is 4.94. The molecule has 8 heteroatoms. The van der Waals surface area contributed by atoms with Gasteiger partial charge in [0.1, 0.15) is 12.1 Å². The van der Waals surface area contributed by atoms with Crippen LogP contribution in [0, 0.1) is 5.92 Å². The second-order valence-corrected chi connectivity index (χ2v) is 4.94. The molecule has 0 spiro atoms. The van der Waals surface area contributed by atoms with Gasteiger partial charge in [-0.15, -0.1) is 0 Å². The topological polar surface area (TPSA) is 122 Å². The van der Waals surface area contributed by atoms with Crippen molar-refractivity contribution in [3.05, 3.63) is 0 Å². The predicted octanol–water partition coefficient (Wildman–Crippen LogP) is -0.330. The van der Waals surface area contributed by atoms with Crippen LogP contribution in [0.3, 0.4) is 0 Å². The summed E-state index contributed by atoms with van der Waals surface area (Å²) < 4.78 is 4.42. The Morgan fingerprint density at radius 3 is 2.10 bits per heavy atom. The van der Waals surface area contributed by atoms with Crippen LogP contribution < -0.4 is 10.6 Å². The number of methoxy groups -OCH3 is 1. The third kappa shape index (κ3) is 7.28. The van der Waals surface area contributed by atoms with Crippen LogP contribution in [0.1, 0.15) is 33.6 Å². The predicted molar refractivity (Wildman–Crippen MR) is 73.3 cm³/mol. The number of aliphatic carboxylic acids is 1. The van der Waals surface area contributed by atoms with E-state index in [1.807, 2.05) is 0 Å². The molecule has 8 nitrogen and oxygen atoms in total. The summed E-state index contributed by atoms with van der Waals surface area (Å²) in [5.74, 6) is -3.00. The number of carboxylic acid groups (broad SMARTS) is 1. The van der Waals surface area contributed by atoms with E-state index in [9.17, 15) is 19.2 Å². The molecule has 0 fully saturated rings. The minimum absolute atomic E-state index is 0.0847. The molecule has 0 radical (unpaired) electrons. The fourth-order valence-corrected chi connectivity index (χ4v) is 1.64. The van der Waals surface area contributed by atoms with Gasteiger partial charge in [0, 0.05) is 13.3 Å². The molecule has 120 valence electrons. The lowest BCUT2D eigenvalue weighted by atomic mass is 10.0. The number of carbonyl (C=O) groups is 4. The summed E-state index contributed by atoms with van der Waals surface area (Å²) in [6, 6.07) is -2.05. The number of carboxylic acids is 1. The van der Waals surface area contributed by atoms with Crippen LogP contribution in [0.25, 0.3) is 0 Å². The highest BCUT2D eigenvalue weighted by atomic mass is 16.5. The minimum Gasteiger partial charge on any atom is -0.480 e. The lowest BCUT2D eigenvalue weighted by Crippen LogP contribution is -2.53. The SMILES string of the molecule is COC(=O)CCC(NC(=O)C(NC(C)=O)C(C)C)C(=O)O. The van der Waals surface area contributed by atoms with Crippen molar-refractivity contribution in [2.45, 2.75) is 45.7 Å². The van der Waals surface area contributed by atoms with Crippen molar-refractivity contribution in [3.63, 3.8) is 0 Å². The van der Waals surface area contributed by atoms with Crippen LogP contribution in [0.5, 0.6) is 0 Å². The first-order valence-electron chi connectivity index (χ1n) is 6.56. The molecule has 0 aromatic carbocycles. The molecular formula is C13H22N2O6. The summed E-state index contributed by atoms with van der Waals surface area (Å²) >= 11 is 0. The highest BCUT2D eigenvalue weighted by Crippen LogP contribution is 2.05. The Kier molecular flexibility index (Phi) is 8.03. The number of rotatable bonds is 8. The Balaban J connectivity index is 4.74. The zero-order chi connectivity index (χ0) is 16.6. The normalized spacial score (nSPS) is 13.2. The quantitative estimate of drug-likeness (QED) is 0.528. The van der Waals surface area contributed by atoms with Crippen molar-refractivity contribution >= 4 is 23.8 Å². The molecule has 0 saturated heterocycles. The van der Waals surface area contributed by atoms with Gasteiger partial charge in [-0.3, -0.25) is 14.4 Å². The zero-order valence-corrected chi connectivity index (χ0v) is 12.6. The largest absolute Gasteiger partial charge is 0.480 e. The number of esters is 1. The molecule has 0 saturated carbocycles. The first kappa shape index (κ1) is 18.9. The van der Waals surface area contributed by atoms with Gasteiger partial charge in [0.25, 0.3) is 0 Å². The van der Waals surface area contributed by atoms with Gasteiger partial charge in [0.15, 0.2) is 0 Å². The number of hydrogen-bond donors (Lipinski definition) is 3. The van der Waals surface area contributed by atoms with Crippen LogP contribution >= 0.6 is 0 Å². The van der Waals surface area contributed by atoms with E-state index in [-0.39, 0.29) is 24.7 Å². The molecule has 0 rings (SSSR count). The number of ether oxygens (including phenoxy) is 1. The first-order chi connectivity index (χ1) is 9.68. The average Bonchev–Trinajstić information content (AvgIpc) is 2.38. The minimum atomic E-state index is -1.25. The molecule has 3 N–H and O–H groups in total. The van der Waals surface area contributed by atoms with E-state index in [1.54, 1.807) is 13.8 Å². The van der Waals surface area contributed by atoms with Crippen LogP contribution in [-0.4, -0.2) is 48.1 Å². The fourth-order valence-electron chi connectivity index (χ4n) is 1.64. The molecule has 0 aromatic heterocycles. The molecule has 0 aliphatic heterocycles. The maximum absolute atomic E-state index is 12.0. The molecular weight excluding hydrogens is 280 g/mol. The van der Waals surface area contributed by atoms with E-state index in [2.05, 4.69) is 15.4 Å². The van der Waals surface area contributed by atoms with Crippen molar-refractivity contribution < 1.29 is 29.0 Å². The summed E-state index contributed by atoms with van der Waals surface area (Å²) in [6.45, 7) is 4.73. The van der Waals surface area contributed by atoms with Gasteiger partial charge in [0.2, 0.25) is 11.8 Å². The highest BCUT2D eigenvalue weighted by Gasteiger charge is 2.28. The maximum Gasteiger partial charge on any atom is 0.326 e. The second kappa shape index (κ2) is 8.93. The average molecular weight is 302 g/mol. The molecule has 0 aliphatic carbocycles. The smallest absolute Gasteiger partial charge is 0.326 e. The van der Waals surface area contributed by atoms with Gasteiger partial charge in [0.05, 0.1) is 7.11 Å².